The average molecular weight is 354 g/mol. The van der Waals surface area contributed by atoms with E-state index in [0.29, 0.717) is 38.1 Å². The predicted molar refractivity (Wildman–Crippen MR) is 87.8 cm³/mol. The fourth-order valence-corrected chi connectivity index (χ4v) is 3.44. The summed E-state index contributed by atoms with van der Waals surface area (Å²) in [7, 11) is -3.87. The number of benzene rings is 1. The molecule has 2 rings (SSSR count). The van der Waals surface area contributed by atoms with E-state index in [-0.39, 0.29) is 28.3 Å². The molecule has 1 saturated heterocycles. The van der Waals surface area contributed by atoms with Gasteiger partial charge in [-0.3, -0.25) is 9.59 Å². The van der Waals surface area contributed by atoms with E-state index in [1.165, 1.54) is 12.1 Å². The summed E-state index contributed by atoms with van der Waals surface area (Å²) in [6.07, 6.45) is 1.08. The fraction of sp³-hybridized carbons (Fsp3) is 0.500. The summed E-state index contributed by atoms with van der Waals surface area (Å²) in [6, 6.07) is 4.36. The van der Waals surface area contributed by atoms with Crippen LogP contribution >= 0.6 is 0 Å². The van der Waals surface area contributed by atoms with Gasteiger partial charge in [-0.2, -0.15) is 0 Å². The van der Waals surface area contributed by atoms with Crippen LogP contribution in [0.2, 0.25) is 0 Å². The molecule has 0 aliphatic carbocycles. The van der Waals surface area contributed by atoms with E-state index in [0.717, 1.165) is 0 Å². The Balaban J connectivity index is 2.11. The zero-order chi connectivity index (χ0) is 17.9. The summed E-state index contributed by atoms with van der Waals surface area (Å²) < 4.78 is 28.0. The van der Waals surface area contributed by atoms with Gasteiger partial charge in [0, 0.05) is 18.7 Å². The molecule has 132 valence electrons. The van der Waals surface area contributed by atoms with E-state index >= 15 is 0 Å². The highest BCUT2D eigenvalue weighted by Gasteiger charge is 2.29. The maximum Gasteiger partial charge on any atom is 0.309 e. The molecule has 1 aromatic rings. The lowest BCUT2D eigenvalue weighted by atomic mass is 9.96. The number of nitrogens with zero attached hydrogens (tertiary/aromatic N) is 1. The number of esters is 1. The molecule has 24 heavy (non-hydrogen) atoms. The molecule has 0 aromatic heterocycles. The SMILES string of the molecule is CCOC(=O)C1CCN(C(=O)c2cc(C)cc(S(N)(=O)=O)c2)CC1. The molecule has 0 atom stereocenters. The third-order valence-corrected chi connectivity index (χ3v) is 4.92. The number of carbonyl (C=O) groups excluding carboxylic acids is 2. The molecule has 0 unspecified atom stereocenters. The highest BCUT2D eigenvalue weighted by atomic mass is 32.2. The third kappa shape index (κ3) is 4.33. The van der Waals surface area contributed by atoms with Crippen LogP contribution in [0.4, 0.5) is 0 Å². The quantitative estimate of drug-likeness (QED) is 0.814. The molecule has 7 nitrogen and oxygen atoms in total. The second-order valence-electron chi connectivity index (χ2n) is 5.90. The lowest BCUT2D eigenvalue weighted by molar-refractivity contribution is -0.149. The van der Waals surface area contributed by atoms with Crippen molar-refractivity contribution in [3.05, 3.63) is 29.3 Å². The number of hydrogen-bond donors (Lipinski definition) is 1. The van der Waals surface area contributed by atoms with Gasteiger partial charge in [0.1, 0.15) is 0 Å². The number of carbonyl (C=O) groups is 2. The van der Waals surface area contributed by atoms with Crippen molar-refractivity contribution in [2.75, 3.05) is 19.7 Å². The molecular formula is C16H22N2O5S. The van der Waals surface area contributed by atoms with Gasteiger partial charge in [-0.15, -0.1) is 0 Å². The predicted octanol–water partition coefficient (Wildman–Crippen LogP) is 1.06. The Morgan fingerprint density at radius 1 is 1.25 bits per heavy atom. The number of primary sulfonamides is 1. The van der Waals surface area contributed by atoms with Crippen molar-refractivity contribution in [3.8, 4) is 0 Å². The van der Waals surface area contributed by atoms with Crippen LogP contribution in [0, 0.1) is 12.8 Å². The highest BCUT2D eigenvalue weighted by molar-refractivity contribution is 7.89. The van der Waals surface area contributed by atoms with Crippen LogP contribution in [-0.4, -0.2) is 44.9 Å². The summed E-state index contributed by atoms with van der Waals surface area (Å²) in [5.41, 5.74) is 0.930. The summed E-state index contributed by atoms with van der Waals surface area (Å²) in [5, 5.41) is 5.15. The minimum atomic E-state index is -3.87. The van der Waals surface area contributed by atoms with Crippen molar-refractivity contribution in [2.45, 2.75) is 31.6 Å². The summed E-state index contributed by atoms with van der Waals surface area (Å²) in [6.45, 7) is 4.68. The zero-order valence-electron chi connectivity index (χ0n) is 13.8. The Morgan fingerprint density at radius 3 is 2.42 bits per heavy atom. The number of aryl methyl sites for hydroxylation is 1. The van der Waals surface area contributed by atoms with E-state index in [1.807, 2.05) is 0 Å². The number of piperidine rings is 1. The van der Waals surface area contributed by atoms with Gasteiger partial charge < -0.3 is 9.64 Å². The molecule has 1 fully saturated rings. The second kappa shape index (κ2) is 7.31. The maximum absolute atomic E-state index is 12.6. The lowest BCUT2D eigenvalue weighted by Gasteiger charge is -2.31. The van der Waals surface area contributed by atoms with Crippen molar-refractivity contribution >= 4 is 21.9 Å². The Labute approximate surface area is 141 Å². The average Bonchev–Trinajstić information content (AvgIpc) is 2.53. The molecule has 1 aromatic carbocycles. The van der Waals surface area contributed by atoms with Crippen molar-refractivity contribution in [2.24, 2.45) is 11.1 Å². The van der Waals surface area contributed by atoms with Crippen LogP contribution in [0.5, 0.6) is 0 Å². The molecule has 8 heteroatoms. The summed E-state index contributed by atoms with van der Waals surface area (Å²) in [4.78, 5) is 25.9. The topological polar surface area (TPSA) is 107 Å². The van der Waals surface area contributed by atoms with E-state index < -0.39 is 10.0 Å². The van der Waals surface area contributed by atoms with Gasteiger partial charge in [-0.25, -0.2) is 13.6 Å². The number of likely N-dealkylation sites (tertiary alicyclic amines) is 1. The molecular weight excluding hydrogens is 332 g/mol. The van der Waals surface area contributed by atoms with Crippen LogP contribution in [-0.2, 0) is 19.6 Å². The van der Waals surface area contributed by atoms with Crippen molar-refractivity contribution < 1.29 is 22.7 Å². The highest BCUT2D eigenvalue weighted by Crippen LogP contribution is 2.22. The molecule has 0 spiro atoms. The van der Waals surface area contributed by atoms with Crippen molar-refractivity contribution in [3.63, 3.8) is 0 Å². The molecule has 1 aliphatic rings. The van der Waals surface area contributed by atoms with Crippen molar-refractivity contribution in [1.29, 1.82) is 0 Å². The molecule has 1 amide bonds. The first-order chi connectivity index (χ1) is 11.2. The monoisotopic (exact) mass is 354 g/mol. The maximum atomic E-state index is 12.6. The van der Waals surface area contributed by atoms with Crippen LogP contribution < -0.4 is 5.14 Å². The minimum Gasteiger partial charge on any atom is -0.466 e. The van der Waals surface area contributed by atoms with Gasteiger partial charge in [0.05, 0.1) is 17.4 Å². The molecule has 0 radical (unpaired) electrons. The zero-order valence-corrected chi connectivity index (χ0v) is 14.6. The molecule has 0 bridgehead atoms. The van der Waals surface area contributed by atoms with Crippen molar-refractivity contribution in [1.82, 2.24) is 4.90 Å². The molecule has 1 heterocycles. The number of rotatable bonds is 4. The summed E-state index contributed by atoms with van der Waals surface area (Å²) in [5.74, 6) is -0.672. The Bertz CT molecular complexity index is 737. The van der Waals surface area contributed by atoms with Gasteiger partial charge >= 0.3 is 5.97 Å². The largest absolute Gasteiger partial charge is 0.466 e. The van der Waals surface area contributed by atoms with Gasteiger partial charge in [0.2, 0.25) is 10.0 Å². The van der Waals surface area contributed by atoms with E-state index in [1.54, 1.807) is 24.8 Å². The normalized spacial score (nSPS) is 16.0. The first-order valence-corrected chi connectivity index (χ1v) is 9.37. The smallest absolute Gasteiger partial charge is 0.309 e. The number of sulfonamides is 1. The van der Waals surface area contributed by atoms with E-state index in [4.69, 9.17) is 9.88 Å². The first-order valence-electron chi connectivity index (χ1n) is 7.82. The van der Waals surface area contributed by atoms with Crippen LogP contribution in [0.1, 0.15) is 35.7 Å². The number of ether oxygens (including phenoxy) is 1. The Hall–Kier alpha value is -1.93. The van der Waals surface area contributed by atoms with E-state index in [9.17, 15) is 18.0 Å². The first kappa shape index (κ1) is 18.4. The Morgan fingerprint density at radius 2 is 1.88 bits per heavy atom. The van der Waals surface area contributed by atoms with Crippen LogP contribution in [0.3, 0.4) is 0 Å². The Kier molecular flexibility index (Phi) is 5.61. The van der Waals surface area contributed by atoms with Gasteiger partial charge in [-0.1, -0.05) is 0 Å². The summed E-state index contributed by atoms with van der Waals surface area (Å²) >= 11 is 0. The lowest BCUT2D eigenvalue weighted by Crippen LogP contribution is -2.40. The number of nitrogens with two attached hydrogens (primary N) is 1. The molecule has 1 aliphatic heterocycles. The molecule has 0 saturated carbocycles. The standard InChI is InChI=1S/C16H22N2O5S/c1-3-23-16(20)12-4-6-18(7-5-12)15(19)13-8-11(2)9-14(10-13)24(17,21)22/h8-10,12H,3-7H2,1-2H3,(H2,17,21,22). The number of amides is 1. The third-order valence-electron chi connectivity index (χ3n) is 4.03. The second-order valence-corrected chi connectivity index (χ2v) is 7.46. The number of hydrogen-bond acceptors (Lipinski definition) is 5. The fourth-order valence-electron chi connectivity index (χ4n) is 2.80. The van der Waals surface area contributed by atoms with Crippen LogP contribution in [0.15, 0.2) is 23.1 Å². The van der Waals surface area contributed by atoms with E-state index in [2.05, 4.69) is 0 Å². The molecule has 2 N–H and O–H groups in total. The van der Waals surface area contributed by atoms with Gasteiger partial charge in [-0.05, 0) is 50.5 Å². The van der Waals surface area contributed by atoms with Gasteiger partial charge in [0.25, 0.3) is 5.91 Å². The van der Waals surface area contributed by atoms with Crippen LogP contribution in [0.25, 0.3) is 0 Å². The van der Waals surface area contributed by atoms with Gasteiger partial charge in [0.15, 0.2) is 0 Å². The minimum absolute atomic E-state index is 0.0766.